The molecule has 0 saturated heterocycles. The maximum atomic E-state index is 11.8. The second-order valence-electron chi connectivity index (χ2n) is 3.70. The highest BCUT2D eigenvalue weighted by molar-refractivity contribution is 7.08. The van der Waals surface area contributed by atoms with E-state index in [9.17, 15) is 9.59 Å². The fourth-order valence-electron chi connectivity index (χ4n) is 1.41. The summed E-state index contributed by atoms with van der Waals surface area (Å²) in [6, 6.07) is 5.00. The fraction of sp³-hybridized carbons (Fsp3) is 0.167. The number of furan rings is 1. The van der Waals surface area contributed by atoms with E-state index in [1.54, 1.807) is 25.2 Å². The molecule has 0 aliphatic rings. The lowest BCUT2D eigenvalue weighted by Gasteiger charge is -2.14. The third-order valence-corrected chi connectivity index (χ3v) is 2.95. The molecule has 0 aliphatic heterocycles. The molecule has 0 spiro atoms. The van der Waals surface area contributed by atoms with E-state index in [0.29, 0.717) is 0 Å². The number of anilines is 1. The van der Waals surface area contributed by atoms with Gasteiger partial charge in [0.15, 0.2) is 5.76 Å². The van der Waals surface area contributed by atoms with Gasteiger partial charge in [-0.15, -0.1) is 0 Å². The quantitative estimate of drug-likeness (QED) is 0.919. The lowest BCUT2D eigenvalue weighted by molar-refractivity contribution is -0.116. The molecule has 0 bridgehead atoms. The van der Waals surface area contributed by atoms with Crippen molar-refractivity contribution in [2.45, 2.75) is 0 Å². The predicted molar refractivity (Wildman–Crippen MR) is 68.6 cm³/mol. The minimum atomic E-state index is -0.319. The van der Waals surface area contributed by atoms with E-state index in [2.05, 4.69) is 5.32 Å². The van der Waals surface area contributed by atoms with Crippen LogP contribution >= 0.6 is 11.3 Å². The Labute approximate surface area is 108 Å². The second kappa shape index (κ2) is 5.50. The average molecular weight is 264 g/mol. The van der Waals surface area contributed by atoms with Crippen LogP contribution < -0.4 is 5.32 Å². The molecule has 0 unspecified atom stereocenters. The van der Waals surface area contributed by atoms with Crippen LogP contribution in [0.1, 0.15) is 10.6 Å². The van der Waals surface area contributed by atoms with Gasteiger partial charge in [0, 0.05) is 12.4 Å². The molecule has 2 amide bonds. The van der Waals surface area contributed by atoms with Crippen LogP contribution in [0.15, 0.2) is 39.6 Å². The fourth-order valence-corrected chi connectivity index (χ4v) is 2.00. The van der Waals surface area contributed by atoms with Crippen molar-refractivity contribution in [2.24, 2.45) is 0 Å². The zero-order valence-corrected chi connectivity index (χ0v) is 10.6. The van der Waals surface area contributed by atoms with Crippen LogP contribution in [0, 0.1) is 0 Å². The molecule has 2 rings (SSSR count). The van der Waals surface area contributed by atoms with Crippen molar-refractivity contribution in [1.29, 1.82) is 0 Å². The van der Waals surface area contributed by atoms with Crippen molar-refractivity contribution in [3.05, 3.63) is 41.0 Å². The van der Waals surface area contributed by atoms with E-state index in [1.165, 1.54) is 22.5 Å². The molecule has 0 atom stereocenters. The van der Waals surface area contributed by atoms with Gasteiger partial charge in [-0.1, -0.05) is 0 Å². The standard InChI is InChI=1S/C12H12N2O3S/c1-14(12(16)10-3-2-5-17-10)7-11(15)13-9-4-6-18-8-9/h2-6,8H,7H2,1H3,(H,13,15). The number of hydrogen-bond donors (Lipinski definition) is 1. The Kier molecular flexibility index (Phi) is 3.78. The van der Waals surface area contributed by atoms with Crippen LogP contribution in [0.25, 0.3) is 0 Å². The van der Waals surface area contributed by atoms with Crippen LogP contribution in [0.3, 0.4) is 0 Å². The lowest BCUT2D eigenvalue weighted by Crippen LogP contribution is -2.34. The Hall–Kier alpha value is -2.08. The molecule has 0 radical (unpaired) electrons. The number of nitrogens with zero attached hydrogens (tertiary/aromatic N) is 1. The Bertz CT molecular complexity index is 520. The van der Waals surface area contributed by atoms with Gasteiger partial charge >= 0.3 is 0 Å². The average Bonchev–Trinajstić information content (AvgIpc) is 2.99. The summed E-state index contributed by atoms with van der Waals surface area (Å²) in [7, 11) is 1.55. The highest BCUT2D eigenvalue weighted by Crippen LogP contribution is 2.11. The predicted octanol–water partition coefficient (Wildman–Crippen LogP) is 2.05. The third kappa shape index (κ3) is 2.98. The van der Waals surface area contributed by atoms with Crippen LogP contribution in [0.4, 0.5) is 5.69 Å². The van der Waals surface area contributed by atoms with E-state index in [-0.39, 0.29) is 24.1 Å². The minimum absolute atomic E-state index is 0.0185. The van der Waals surface area contributed by atoms with Gasteiger partial charge in [0.05, 0.1) is 18.5 Å². The molecule has 6 heteroatoms. The molecule has 2 aromatic rings. The summed E-state index contributed by atoms with van der Waals surface area (Å²) in [5, 5.41) is 6.39. The SMILES string of the molecule is CN(CC(=O)Nc1ccsc1)C(=O)c1ccco1. The summed E-state index contributed by atoms with van der Waals surface area (Å²) in [6.45, 7) is -0.0185. The van der Waals surface area contributed by atoms with Crippen molar-refractivity contribution < 1.29 is 14.0 Å². The van der Waals surface area contributed by atoms with Gasteiger partial charge in [0.2, 0.25) is 5.91 Å². The van der Waals surface area contributed by atoms with E-state index < -0.39 is 0 Å². The van der Waals surface area contributed by atoms with Crippen molar-refractivity contribution in [1.82, 2.24) is 4.90 Å². The number of hydrogen-bond acceptors (Lipinski definition) is 4. The topological polar surface area (TPSA) is 62.6 Å². The molecule has 0 aromatic carbocycles. The maximum Gasteiger partial charge on any atom is 0.289 e. The molecule has 2 aromatic heterocycles. The lowest BCUT2D eigenvalue weighted by atomic mass is 10.4. The van der Waals surface area contributed by atoms with Gasteiger partial charge in [0.1, 0.15) is 0 Å². The summed E-state index contributed by atoms with van der Waals surface area (Å²) in [4.78, 5) is 24.8. The van der Waals surface area contributed by atoms with Crippen LogP contribution in [-0.2, 0) is 4.79 Å². The van der Waals surface area contributed by atoms with Gasteiger partial charge in [-0.25, -0.2) is 0 Å². The summed E-state index contributed by atoms with van der Waals surface area (Å²) in [5.41, 5.74) is 0.740. The Morgan fingerprint density at radius 2 is 2.28 bits per heavy atom. The number of likely N-dealkylation sites (N-methyl/N-ethyl adjacent to an activating group) is 1. The Balaban J connectivity index is 1.89. The van der Waals surface area contributed by atoms with Gasteiger partial charge in [-0.3, -0.25) is 9.59 Å². The van der Waals surface area contributed by atoms with Crippen LogP contribution in [0.5, 0.6) is 0 Å². The van der Waals surface area contributed by atoms with E-state index in [0.717, 1.165) is 5.69 Å². The van der Waals surface area contributed by atoms with Gasteiger partial charge in [-0.05, 0) is 23.6 Å². The van der Waals surface area contributed by atoms with Gasteiger partial charge in [-0.2, -0.15) is 11.3 Å². The molecular weight excluding hydrogens is 252 g/mol. The van der Waals surface area contributed by atoms with Crippen molar-refractivity contribution in [3.8, 4) is 0 Å². The summed E-state index contributed by atoms with van der Waals surface area (Å²) >= 11 is 1.49. The van der Waals surface area contributed by atoms with Crippen molar-refractivity contribution in [2.75, 3.05) is 18.9 Å². The van der Waals surface area contributed by atoms with Crippen molar-refractivity contribution in [3.63, 3.8) is 0 Å². The molecular formula is C12H12N2O3S. The molecule has 0 fully saturated rings. The first-order valence-electron chi connectivity index (χ1n) is 5.28. The number of amides is 2. The third-order valence-electron chi connectivity index (χ3n) is 2.26. The summed E-state index contributed by atoms with van der Waals surface area (Å²) < 4.78 is 4.98. The minimum Gasteiger partial charge on any atom is -0.459 e. The number of carbonyl (C=O) groups is 2. The number of carbonyl (C=O) groups excluding carboxylic acids is 2. The van der Waals surface area contributed by atoms with Gasteiger partial charge < -0.3 is 14.6 Å². The summed E-state index contributed by atoms with van der Waals surface area (Å²) in [5.74, 6) is -0.336. The smallest absolute Gasteiger partial charge is 0.289 e. The number of rotatable bonds is 4. The first-order valence-corrected chi connectivity index (χ1v) is 6.22. The summed E-state index contributed by atoms with van der Waals surface area (Å²) in [6.07, 6.45) is 1.42. The molecule has 94 valence electrons. The van der Waals surface area contributed by atoms with E-state index >= 15 is 0 Å². The zero-order chi connectivity index (χ0) is 13.0. The first-order chi connectivity index (χ1) is 8.66. The Morgan fingerprint density at radius 1 is 1.44 bits per heavy atom. The van der Waals surface area contributed by atoms with E-state index in [4.69, 9.17) is 4.42 Å². The Morgan fingerprint density at radius 3 is 2.89 bits per heavy atom. The number of thiophene rings is 1. The van der Waals surface area contributed by atoms with Gasteiger partial charge in [0.25, 0.3) is 5.91 Å². The molecule has 0 aliphatic carbocycles. The largest absolute Gasteiger partial charge is 0.459 e. The number of nitrogens with one attached hydrogen (secondary N) is 1. The van der Waals surface area contributed by atoms with E-state index in [1.807, 2.05) is 10.8 Å². The van der Waals surface area contributed by atoms with Crippen molar-refractivity contribution >= 4 is 28.8 Å². The molecule has 0 saturated carbocycles. The highest BCUT2D eigenvalue weighted by atomic mass is 32.1. The molecule has 1 N–H and O–H groups in total. The normalized spacial score (nSPS) is 10.1. The molecule has 5 nitrogen and oxygen atoms in total. The monoisotopic (exact) mass is 264 g/mol. The molecule has 18 heavy (non-hydrogen) atoms. The maximum absolute atomic E-state index is 11.8. The first kappa shape index (κ1) is 12.4. The molecule has 2 heterocycles. The zero-order valence-electron chi connectivity index (χ0n) is 9.75. The van der Waals surface area contributed by atoms with Crippen LogP contribution in [-0.4, -0.2) is 30.3 Å². The second-order valence-corrected chi connectivity index (χ2v) is 4.48. The highest BCUT2D eigenvalue weighted by Gasteiger charge is 2.17. The van der Waals surface area contributed by atoms with Crippen LogP contribution in [0.2, 0.25) is 0 Å².